The number of hydrogen-bond acceptors (Lipinski definition) is 1. The molecule has 0 fully saturated rings. The van der Waals surface area contributed by atoms with Crippen LogP contribution in [0.15, 0.2) is 16.9 Å². The minimum atomic E-state index is -0.363. The van der Waals surface area contributed by atoms with Crippen molar-refractivity contribution in [2.24, 2.45) is 0 Å². The Balaban J connectivity index is 2.93. The fraction of sp³-hybridized carbons (Fsp3) is 0.400. The highest BCUT2D eigenvalue weighted by Gasteiger charge is 2.18. The van der Waals surface area contributed by atoms with E-state index in [0.29, 0.717) is 11.1 Å². The maximum absolute atomic E-state index is 14.1. The molecule has 2 rings (SSSR count). The Morgan fingerprint density at radius 2 is 1.72 bits per heavy atom. The average molecular weight is 247 g/mol. The number of H-pyrrole nitrogens is 1. The minimum Gasteiger partial charge on any atom is -0.319 e. The summed E-state index contributed by atoms with van der Waals surface area (Å²) in [7, 11) is 0. The molecule has 0 aliphatic carbocycles. The van der Waals surface area contributed by atoms with Crippen molar-refractivity contribution in [1.29, 1.82) is 0 Å². The van der Waals surface area contributed by atoms with Gasteiger partial charge in [-0.2, -0.15) is 0 Å². The summed E-state index contributed by atoms with van der Waals surface area (Å²) in [5.74, 6) is -0.363. The standard InChI is InChI=1S/C15H18FNO/c1-8-9(2)14(18)17-13-11(8)6-10(7-12(13)16)15(3,4)5/h6-7H,1-5H3,(H,17,18). The van der Waals surface area contributed by atoms with Gasteiger partial charge in [0, 0.05) is 10.9 Å². The van der Waals surface area contributed by atoms with Crippen molar-refractivity contribution in [1.82, 2.24) is 4.98 Å². The Labute approximate surface area is 106 Å². The number of benzene rings is 1. The first-order valence-corrected chi connectivity index (χ1v) is 6.05. The predicted molar refractivity (Wildman–Crippen MR) is 72.7 cm³/mol. The molecule has 18 heavy (non-hydrogen) atoms. The van der Waals surface area contributed by atoms with Gasteiger partial charge in [0.25, 0.3) is 5.56 Å². The van der Waals surface area contributed by atoms with Crippen LogP contribution in [0.4, 0.5) is 4.39 Å². The smallest absolute Gasteiger partial charge is 0.251 e. The van der Waals surface area contributed by atoms with Gasteiger partial charge in [0.2, 0.25) is 0 Å². The molecule has 2 nitrogen and oxygen atoms in total. The summed E-state index contributed by atoms with van der Waals surface area (Å²) in [5, 5.41) is 0.789. The highest BCUT2D eigenvalue weighted by atomic mass is 19.1. The largest absolute Gasteiger partial charge is 0.319 e. The van der Waals surface area contributed by atoms with Crippen molar-refractivity contribution in [2.75, 3.05) is 0 Å². The molecule has 0 saturated heterocycles. The van der Waals surface area contributed by atoms with Crippen LogP contribution in [0, 0.1) is 19.7 Å². The number of hydrogen-bond donors (Lipinski definition) is 1. The quantitative estimate of drug-likeness (QED) is 0.758. The summed E-state index contributed by atoms with van der Waals surface area (Å²) in [6.07, 6.45) is 0. The fourth-order valence-corrected chi connectivity index (χ4v) is 2.04. The maximum atomic E-state index is 14.1. The lowest BCUT2D eigenvalue weighted by Crippen LogP contribution is -2.15. The van der Waals surface area contributed by atoms with Crippen molar-refractivity contribution < 1.29 is 4.39 Å². The number of fused-ring (bicyclic) bond motifs is 1. The van der Waals surface area contributed by atoms with Crippen molar-refractivity contribution in [2.45, 2.75) is 40.0 Å². The van der Waals surface area contributed by atoms with Gasteiger partial charge in [-0.15, -0.1) is 0 Å². The van der Waals surface area contributed by atoms with Gasteiger partial charge < -0.3 is 4.98 Å². The molecule has 3 heteroatoms. The predicted octanol–water partition coefficient (Wildman–Crippen LogP) is 3.58. The van der Waals surface area contributed by atoms with Gasteiger partial charge in [0.1, 0.15) is 5.82 Å². The maximum Gasteiger partial charge on any atom is 0.251 e. The lowest BCUT2D eigenvalue weighted by atomic mass is 9.85. The fourth-order valence-electron chi connectivity index (χ4n) is 2.04. The van der Waals surface area contributed by atoms with Crippen LogP contribution in [0.5, 0.6) is 0 Å². The first kappa shape index (κ1) is 12.8. The van der Waals surface area contributed by atoms with E-state index in [1.54, 1.807) is 6.92 Å². The Kier molecular flexibility index (Phi) is 2.80. The summed E-state index contributed by atoms with van der Waals surface area (Å²) in [4.78, 5) is 14.3. The molecule has 2 aromatic rings. The van der Waals surface area contributed by atoms with E-state index >= 15 is 0 Å². The molecule has 0 atom stereocenters. The third-order valence-electron chi connectivity index (χ3n) is 3.50. The molecule has 0 unspecified atom stereocenters. The Morgan fingerprint density at radius 1 is 1.11 bits per heavy atom. The SMILES string of the molecule is Cc1c(C)c2cc(C(C)(C)C)cc(F)c2[nH]c1=O. The van der Waals surface area contributed by atoms with Gasteiger partial charge in [-0.3, -0.25) is 4.79 Å². The zero-order valence-electron chi connectivity index (χ0n) is 11.4. The molecule has 0 aliphatic rings. The number of pyridine rings is 1. The summed E-state index contributed by atoms with van der Waals surface area (Å²) >= 11 is 0. The Morgan fingerprint density at radius 3 is 2.28 bits per heavy atom. The van der Waals surface area contributed by atoms with Crippen LogP contribution in [0.25, 0.3) is 10.9 Å². The number of aromatic nitrogens is 1. The molecule has 0 aliphatic heterocycles. The van der Waals surface area contributed by atoms with E-state index in [9.17, 15) is 9.18 Å². The summed E-state index contributed by atoms with van der Waals surface area (Å²) < 4.78 is 14.1. The zero-order chi connectivity index (χ0) is 13.7. The van der Waals surface area contributed by atoms with Crippen molar-refractivity contribution >= 4 is 10.9 Å². The summed E-state index contributed by atoms with van der Waals surface area (Å²) in [5.41, 5.74) is 2.39. The number of aromatic amines is 1. The topological polar surface area (TPSA) is 32.9 Å². The highest BCUT2D eigenvalue weighted by molar-refractivity contribution is 5.84. The number of aryl methyl sites for hydroxylation is 1. The van der Waals surface area contributed by atoms with Crippen molar-refractivity contribution in [3.63, 3.8) is 0 Å². The second-order valence-corrected chi connectivity index (χ2v) is 5.83. The highest BCUT2D eigenvalue weighted by Crippen LogP contribution is 2.28. The van der Waals surface area contributed by atoms with E-state index in [4.69, 9.17) is 0 Å². The van der Waals surface area contributed by atoms with Crippen LogP contribution in [-0.2, 0) is 5.41 Å². The van der Waals surface area contributed by atoms with Gasteiger partial charge in [-0.25, -0.2) is 4.39 Å². The Bertz CT molecular complexity index is 677. The molecular weight excluding hydrogens is 229 g/mol. The first-order valence-electron chi connectivity index (χ1n) is 6.05. The lowest BCUT2D eigenvalue weighted by Gasteiger charge is -2.20. The van der Waals surface area contributed by atoms with Gasteiger partial charge in [-0.1, -0.05) is 20.8 Å². The molecule has 1 heterocycles. The molecule has 0 radical (unpaired) electrons. The van der Waals surface area contributed by atoms with Gasteiger partial charge >= 0.3 is 0 Å². The number of halogens is 1. The van der Waals surface area contributed by atoms with E-state index in [1.165, 1.54) is 6.07 Å². The molecular formula is C15H18FNO. The number of nitrogens with one attached hydrogen (secondary N) is 1. The number of rotatable bonds is 0. The van der Waals surface area contributed by atoms with Crippen LogP contribution in [0.2, 0.25) is 0 Å². The van der Waals surface area contributed by atoms with E-state index in [2.05, 4.69) is 4.98 Å². The van der Waals surface area contributed by atoms with Crippen LogP contribution in [0.3, 0.4) is 0 Å². The molecule has 1 aromatic heterocycles. The minimum absolute atomic E-state index is 0.120. The molecule has 0 spiro atoms. The molecule has 0 bridgehead atoms. The van der Waals surface area contributed by atoms with Crippen molar-refractivity contribution in [3.05, 3.63) is 45.0 Å². The van der Waals surface area contributed by atoms with Gasteiger partial charge in [-0.05, 0) is 42.5 Å². The van der Waals surface area contributed by atoms with E-state index in [1.807, 2.05) is 33.8 Å². The first-order chi connectivity index (χ1) is 8.21. The van der Waals surface area contributed by atoms with Crippen LogP contribution in [0.1, 0.15) is 37.5 Å². The molecule has 96 valence electrons. The second kappa shape index (κ2) is 3.94. The molecule has 0 saturated carbocycles. The molecule has 1 N–H and O–H groups in total. The third kappa shape index (κ3) is 1.94. The van der Waals surface area contributed by atoms with Crippen LogP contribution >= 0.6 is 0 Å². The van der Waals surface area contributed by atoms with E-state index in [-0.39, 0.29) is 16.8 Å². The molecule has 1 aromatic carbocycles. The summed E-state index contributed by atoms with van der Waals surface area (Å²) in [6.45, 7) is 9.75. The van der Waals surface area contributed by atoms with Gasteiger partial charge in [0.15, 0.2) is 0 Å². The van der Waals surface area contributed by atoms with E-state index < -0.39 is 0 Å². The lowest BCUT2D eigenvalue weighted by molar-refractivity contribution is 0.576. The summed E-state index contributed by atoms with van der Waals surface area (Å²) in [6, 6.07) is 3.48. The molecule has 0 amide bonds. The monoisotopic (exact) mass is 247 g/mol. The van der Waals surface area contributed by atoms with Crippen LogP contribution < -0.4 is 5.56 Å². The zero-order valence-corrected chi connectivity index (χ0v) is 11.4. The second-order valence-electron chi connectivity index (χ2n) is 5.83. The average Bonchev–Trinajstić information content (AvgIpc) is 2.26. The van der Waals surface area contributed by atoms with Crippen LogP contribution in [-0.4, -0.2) is 4.98 Å². The Hall–Kier alpha value is -1.64. The van der Waals surface area contributed by atoms with Gasteiger partial charge in [0.05, 0.1) is 5.52 Å². The van der Waals surface area contributed by atoms with Crippen molar-refractivity contribution in [3.8, 4) is 0 Å². The van der Waals surface area contributed by atoms with E-state index in [0.717, 1.165) is 16.5 Å². The normalized spacial score (nSPS) is 12.1. The third-order valence-corrected chi connectivity index (χ3v) is 3.50.